The zero-order valence-corrected chi connectivity index (χ0v) is 13.8. The average molecular weight is 290 g/mol. The van der Waals surface area contributed by atoms with Crippen LogP contribution in [0.2, 0.25) is 0 Å². The van der Waals surface area contributed by atoms with E-state index in [0.29, 0.717) is 12.1 Å². The highest BCUT2D eigenvalue weighted by Gasteiger charge is 2.23. The van der Waals surface area contributed by atoms with Crippen LogP contribution >= 0.6 is 0 Å². The fourth-order valence-corrected chi connectivity index (χ4v) is 2.90. The first-order valence-corrected chi connectivity index (χ1v) is 8.34. The summed E-state index contributed by atoms with van der Waals surface area (Å²) in [6.45, 7) is 8.32. The van der Waals surface area contributed by atoms with Gasteiger partial charge in [0.15, 0.2) is 0 Å². The van der Waals surface area contributed by atoms with Crippen molar-refractivity contribution in [3.8, 4) is 0 Å². The number of likely N-dealkylation sites (N-methyl/N-ethyl adjacent to an activating group) is 1. The largest absolute Gasteiger partial charge is 0.380 e. The van der Waals surface area contributed by atoms with Crippen LogP contribution in [0.1, 0.15) is 43.9 Å². The fraction of sp³-hybridized carbons (Fsp3) is 0.667. The van der Waals surface area contributed by atoms with Crippen molar-refractivity contribution >= 4 is 0 Å². The SMILES string of the molecule is CCCNC(CN(C)C1CCOC1)c1ccc(CC)cc1. The summed E-state index contributed by atoms with van der Waals surface area (Å²) in [4.78, 5) is 2.45. The zero-order valence-electron chi connectivity index (χ0n) is 13.8. The molecular weight excluding hydrogens is 260 g/mol. The van der Waals surface area contributed by atoms with Crippen molar-refractivity contribution in [2.24, 2.45) is 0 Å². The van der Waals surface area contributed by atoms with Crippen molar-refractivity contribution in [3.63, 3.8) is 0 Å². The molecule has 0 aliphatic carbocycles. The maximum atomic E-state index is 5.51. The molecule has 0 saturated carbocycles. The number of nitrogens with one attached hydrogen (secondary N) is 1. The van der Waals surface area contributed by atoms with Crippen LogP contribution in [-0.4, -0.2) is 44.3 Å². The van der Waals surface area contributed by atoms with Gasteiger partial charge in [-0.25, -0.2) is 0 Å². The van der Waals surface area contributed by atoms with Gasteiger partial charge in [-0.15, -0.1) is 0 Å². The average Bonchev–Trinajstić information content (AvgIpc) is 3.06. The molecule has 1 heterocycles. The number of ether oxygens (including phenoxy) is 1. The van der Waals surface area contributed by atoms with Crippen LogP contribution < -0.4 is 5.32 Å². The summed E-state index contributed by atoms with van der Waals surface area (Å²) in [6.07, 6.45) is 3.43. The lowest BCUT2D eigenvalue weighted by atomic mass is 10.0. The highest BCUT2D eigenvalue weighted by Crippen LogP contribution is 2.19. The van der Waals surface area contributed by atoms with E-state index in [1.165, 1.54) is 17.5 Å². The van der Waals surface area contributed by atoms with E-state index in [1.807, 2.05) is 0 Å². The van der Waals surface area contributed by atoms with Crippen molar-refractivity contribution in [2.45, 2.75) is 45.2 Å². The molecule has 2 unspecified atom stereocenters. The Bertz CT molecular complexity index is 398. The maximum Gasteiger partial charge on any atom is 0.0622 e. The van der Waals surface area contributed by atoms with Crippen LogP contribution in [0.3, 0.4) is 0 Å². The van der Waals surface area contributed by atoms with Gasteiger partial charge in [-0.05, 0) is 44.0 Å². The van der Waals surface area contributed by atoms with E-state index in [4.69, 9.17) is 4.74 Å². The third kappa shape index (κ3) is 4.80. The number of aryl methyl sites for hydroxylation is 1. The van der Waals surface area contributed by atoms with Crippen molar-refractivity contribution in [3.05, 3.63) is 35.4 Å². The second-order valence-electron chi connectivity index (χ2n) is 6.06. The molecule has 1 fully saturated rings. The lowest BCUT2D eigenvalue weighted by molar-refractivity contribution is 0.153. The van der Waals surface area contributed by atoms with Gasteiger partial charge in [0.25, 0.3) is 0 Å². The molecular formula is C18H30N2O. The summed E-state index contributed by atoms with van der Waals surface area (Å²) in [7, 11) is 2.22. The lowest BCUT2D eigenvalue weighted by Gasteiger charge is -2.29. The van der Waals surface area contributed by atoms with Gasteiger partial charge in [-0.3, -0.25) is 4.90 Å². The van der Waals surface area contributed by atoms with Gasteiger partial charge >= 0.3 is 0 Å². The molecule has 0 spiro atoms. The molecule has 2 atom stereocenters. The second-order valence-corrected chi connectivity index (χ2v) is 6.06. The topological polar surface area (TPSA) is 24.5 Å². The monoisotopic (exact) mass is 290 g/mol. The Balaban J connectivity index is 2.01. The first kappa shape index (κ1) is 16.5. The molecule has 1 N–H and O–H groups in total. The molecule has 0 amide bonds. The predicted molar refractivity (Wildman–Crippen MR) is 88.7 cm³/mol. The number of benzene rings is 1. The molecule has 21 heavy (non-hydrogen) atoms. The van der Waals surface area contributed by atoms with E-state index in [-0.39, 0.29) is 0 Å². The van der Waals surface area contributed by atoms with E-state index in [9.17, 15) is 0 Å². The third-order valence-electron chi connectivity index (χ3n) is 4.43. The predicted octanol–water partition coefficient (Wildman–Crippen LogP) is 3.01. The highest BCUT2D eigenvalue weighted by molar-refractivity contribution is 5.25. The minimum atomic E-state index is 0.404. The van der Waals surface area contributed by atoms with Gasteiger partial charge in [0, 0.05) is 25.2 Å². The smallest absolute Gasteiger partial charge is 0.0622 e. The van der Waals surface area contributed by atoms with Crippen LogP contribution in [0.5, 0.6) is 0 Å². The quantitative estimate of drug-likeness (QED) is 0.796. The molecule has 118 valence electrons. The molecule has 0 bridgehead atoms. The molecule has 2 rings (SSSR count). The Hall–Kier alpha value is -0.900. The van der Waals surface area contributed by atoms with Gasteiger partial charge in [-0.1, -0.05) is 38.1 Å². The molecule has 0 aromatic heterocycles. The Morgan fingerprint density at radius 1 is 1.29 bits per heavy atom. The Morgan fingerprint density at radius 3 is 2.62 bits per heavy atom. The lowest BCUT2D eigenvalue weighted by Crippen LogP contribution is -2.39. The Morgan fingerprint density at radius 2 is 2.05 bits per heavy atom. The Kier molecular flexibility index (Phi) is 6.68. The van der Waals surface area contributed by atoms with Crippen molar-refractivity contribution in [1.82, 2.24) is 10.2 Å². The van der Waals surface area contributed by atoms with Crippen LogP contribution in [0.4, 0.5) is 0 Å². The summed E-state index contributed by atoms with van der Waals surface area (Å²) < 4.78 is 5.51. The molecule has 3 heteroatoms. The maximum absolute atomic E-state index is 5.51. The third-order valence-corrected chi connectivity index (χ3v) is 4.43. The van der Waals surface area contributed by atoms with E-state index in [2.05, 4.69) is 55.4 Å². The fourth-order valence-electron chi connectivity index (χ4n) is 2.90. The molecule has 1 aliphatic rings. The molecule has 1 aromatic carbocycles. The van der Waals surface area contributed by atoms with Gasteiger partial charge in [0.2, 0.25) is 0 Å². The highest BCUT2D eigenvalue weighted by atomic mass is 16.5. The number of hydrogen-bond acceptors (Lipinski definition) is 3. The summed E-state index contributed by atoms with van der Waals surface area (Å²) in [5.74, 6) is 0. The van der Waals surface area contributed by atoms with Gasteiger partial charge < -0.3 is 10.1 Å². The van der Waals surface area contributed by atoms with Crippen LogP contribution in [0.15, 0.2) is 24.3 Å². The molecule has 3 nitrogen and oxygen atoms in total. The minimum absolute atomic E-state index is 0.404. The molecule has 0 radical (unpaired) electrons. The summed E-state index contributed by atoms with van der Waals surface area (Å²) in [6, 6.07) is 10.1. The van der Waals surface area contributed by atoms with Gasteiger partial charge in [0.1, 0.15) is 0 Å². The van der Waals surface area contributed by atoms with E-state index >= 15 is 0 Å². The zero-order chi connectivity index (χ0) is 15.1. The first-order chi connectivity index (χ1) is 10.2. The van der Waals surface area contributed by atoms with Gasteiger partial charge in [-0.2, -0.15) is 0 Å². The molecule has 1 aliphatic heterocycles. The van der Waals surface area contributed by atoms with E-state index in [0.717, 1.165) is 39.1 Å². The standard InChI is InChI=1S/C18H30N2O/c1-4-11-19-18(13-20(3)17-10-12-21-14-17)16-8-6-15(5-2)7-9-16/h6-9,17-19H,4-5,10-14H2,1-3H3. The summed E-state index contributed by atoms with van der Waals surface area (Å²) >= 11 is 0. The Labute approximate surface area is 129 Å². The number of rotatable bonds is 8. The van der Waals surface area contributed by atoms with Crippen LogP contribution in [0, 0.1) is 0 Å². The van der Waals surface area contributed by atoms with E-state index in [1.54, 1.807) is 0 Å². The van der Waals surface area contributed by atoms with Crippen LogP contribution in [-0.2, 0) is 11.2 Å². The van der Waals surface area contributed by atoms with Crippen molar-refractivity contribution in [1.29, 1.82) is 0 Å². The molecule has 1 aromatic rings. The summed E-state index contributed by atoms with van der Waals surface area (Å²) in [5.41, 5.74) is 2.80. The second kappa shape index (κ2) is 8.52. The van der Waals surface area contributed by atoms with Gasteiger partial charge in [0.05, 0.1) is 6.61 Å². The van der Waals surface area contributed by atoms with Crippen LogP contribution in [0.25, 0.3) is 0 Å². The number of hydrogen-bond donors (Lipinski definition) is 1. The van der Waals surface area contributed by atoms with Crippen molar-refractivity contribution in [2.75, 3.05) is 33.4 Å². The normalized spacial score (nSPS) is 20.1. The van der Waals surface area contributed by atoms with E-state index < -0.39 is 0 Å². The first-order valence-electron chi connectivity index (χ1n) is 8.34. The summed E-state index contributed by atoms with van der Waals surface area (Å²) in [5, 5.41) is 3.70. The number of nitrogens with zero attached hydrogens (tertiary/aromatic N) is 1. The minimum Gasteiger partial charge on any atom is -0.380 e. The molecule has 1 saturated heterocycles. The van der Waals surface area contributed by atoms with Crippen molar-refractivity contribution < 1.29 is 4.74 Å².